The van der Waals surface area contributed by atoms with Crippen LogP contribution in [0.2, 0.25) is 0 Å². The van der Waals surface area contributed by atoms with E-state index in [9.17, 15) is 4.79 Å². The van der Waals surface area contributed by atoms with E-state index < -0.39 is 0 Å². The van der Waals surface area contributed by atoms with Crippen molar-refractivity contribution < 1.29 is 4.79 Å². The monoisotopic (exact) mass is 274 g/mol. The quantitative estimate of drug-likeness (QED) is 0.917. The highest BCUT2D eigenvalue weighted by Crippen LogP contribution is 2.30. The van der Waals surface area contributed by atoms with Crippen molar-refractivity contribution in [1.82, 2.24) is 0 Å². The predicted molar refractivity (Wildman–Crippen MR) is 83.7 cm³/mol. The zero-order chi connectivity index (χ0) is 14.5. The van der Waals surface area contributed by atoms with Crippen LogP contribution in [-0.4, -0.2) is 19.5 Å². The highest BCUT2D eigenvalue weighted by molar-refractivity contribution is 5.94. The van der Waals surface area contributed by atoms with Gasteiger partial charge in [-0.2, -0.15) is 0 Å². The Morgan fingerprint density at radius 1 is 1.20 bits per heavy atom. The van der Waals surface area contributed by atoms with Crippen molar-refractivity contribution in [2.24, 2.45) is 17.6 Å². The average Bonchev–Trinajstić information content (AvgIpc) is 2.53. The van der Waals surface area contributed by atoms with Gasteiger partial charge in [0.15, 0.2) is 0 Å². The first-order chi connectivity index (χ1) is 9.65. The van der Waals surface area contributed by atoms with Crippen LogP contribution in [0.25, 0.3) is 0 Å². The van der Waals surface area contributed by atoms with Crippen LogP contribution in [0, 0.1) is 11.8 Å². The number of nitrogens with two attached hydrogens (primary N) is 1. The number of benzene rings is 1. The van der Waals surface area contributed by atoms with Gasteiger partial charge in [-0.15, -0.1) is 0 Å². The predicted octanol–water partition coefficient (Wildman–Crippen LogP) is 2.98. The second kappa shape index (κ2) is 6.89. The van der Waals surface area contributed by atoms with E-state index in [2.05, 4.69) is 19.1 Å². The topological polar surface area (TPSA) is 46.3 Å². The van der Waals surface area contributed by atoms with Crippen molar-refractivity contribution in [3.05, 3.63) is 29.8 Å². The Morgan fingerprint density at radius 2 is 1.80 bits per heavy atom. The molecule has 0 aromatic heterocycles. The molecule has 1 aromatic rings. The first-order valence-electron chi connectivity index (χ1n) is 7.72. The van der Waals surface area contributed by atoms with Crippen molar-refractivity contribution in [3.63, 3.8) is 0 Å². The number of carbonyl (C=O) groups excluding carboxylic acids is 1. The van der Waals surface area contributed by atoms with E-state index in [1.807, 2.05) is 24.1 Å². The Labute approximate surface area is 122 Å². The summed E-state index contributed by atoms with van der Waals surface area (Å²) < 4.78 is 0. The van der Waals surface area contributed by atoms with Gasteiger partial charge in [0.25, 0.3) is 0 Å². The summed E-state index contributed by atoms with van der Waals surface area (Å²) in [5, 5.41) is 0. The molecular weight excluding hydrogens is 248 g/mol. The van der Waals surface area contributed by atoms with Crippen LogP contribution in [0.5, 0.6) is 0 Å². The minimum absolute atomic E-state index is 0.175. The number of amides is 1. The Balaban J connectivity index is 1.97. The number of aryl methyl sites for hydroxylation is 1. The number of carbonyl (C=O) groups is 1. The lowest BCUT2D eigenvalue weighted by molar-refractivity contribution is -0.123. The first kappa shape index (κ1) is 15.0. The van der Waals surface area contributed by atoms with Crippen molar-refractivity contribution in [2.45, 2.75) is 39.0 Å². The maximum Gasteiger partial charge on any atom is 0.229 e. The molecule has 1 saturated carbocycles. The van der Waals surface area contributed by atoms with Gasteiger partial charge in [-0.25, -0.2) is 0 Å². The van der Waals surface area contributed by atoms with E-state index >= 15 is 0 Å². The Morgan fingerprint density at radius 3 is 2.30 bits per heavy atom. The molecule has 0 unspecified atom stereocenters. The van der Waals surface area contributed by atoms with Crippen molar-refractivity contribution in [1.29, 1.82) is 0 Å². The van der Waals surface area contributed by atoms with E-state index in [1.54, 1.807) is 0 Å². The van der Waals surface area contributed by atoms with Gasteiger partial charge in [0.1, 0.15) is 0 Å². The van der Waals surface area contributed by atoms with Gasteiger partial charge >= 0.3 is 0 Å². The highest BCUT2D eigenvalue weighted by atomic mass is 16.2. The fourth-order valence-electron chi connectivity index (χ4n) is 3.00. The summed E-state index contributed by atoms with van der Waals surface area (Å²) in [5.41, 5.74) is 8.01. The molecule has 0 atom stereocenters. The second-order valence-electron chi connectivity index (χ2n) is 5.87. The third kappa shape index (κ3) is 3.40. The summed E-state index contributed by atoms with van der Waals surface area (Å²) in [6, 6.07) is 8.29. The third-order valence-corrected chi connectivity index (χ3v) is 4.59. The SMILES string of the molecule is CCc1ccc(N(C)C(=O)C2CCC(CN)CC2)cc1. The van der Waals surface area contributed by atoms with E-state index in [-0.39, 0.29) is 11.8 Å². The molecule has 0 bridgehead atoms. The van der Waals surface area contributed by atoms with Crippen LogP contribution in [0.3, 0.4) is 0 Å². The summed E-state index contributed by atoms with van der Waals surface area (Å²) in [6.45, 7) is 2.90. The lowest BCUT2D eigenvalue weighted by Gasteiger charge is -2.30. The molecule has 3 heteroatoms. The zero-order valence-corrected chi connectivity index (χ0v) is 12.6. The van der Waals surface area contributed by atoms with Crippen molar-refractivity contribution >= 4 is 11.6 Å². The molecule has 3 nitrogen and oxygen atoms in total. The van der Waals surface area contributed by atoms with Gasteiger partial charge in [0, 0.05) is 18.7 Å². The molecule has 110 valence electrons. The molecule has 1 aromatic carbocycles. The normalized spacial score (nSPS) is 22.6. The third-order valence-electron chi connectivity index (χ3n) is 4.59. The summed E-state index contributed by atoms with van der Waals surface area (Å²) in [4.78, 5) is 14.4. The van der Waals surface area contributed by atoms with Crippen LogP contribution >= 0.6 is 0 Å². The summed E-state index contributed by atoms with van der Waals surface area (Å²) >= 11 is 0. The Hall–Kier alpha value is -1.35. The Kier molecular flexibility index (Phi) is 5.18. The molecule has 0 saturated heterocycles. The molecule has 0 aliphatic heterocycles. The molecule has 1 aliphatic carbocycles. The Bertz CT molecular complexity index is 433. The molecule has 0 spiro atoms. The van der Waals surface area contributed by atoms with Gasteiger partial charge in [-0.3, -0.25) is 4.79 Å². The maximum absolute atomic E-state index is 12.5. The number of rotatable bonds is 4. The van der Waals surface area contributed by atoms with Crippen LogP contribution < -0.4 is 10.6 Å². The number of hydrogen-bond acceptors (Lipinski definition) is 2. The fraction of sp³-hybridized carbons (Fsp3) is 0.588. The highest BCUT2D eigenvalue weighted by Gasteiger charge is 2.28. The summed E-state index contributed by atoms with van der Waals surface area (Å²) in [5.74, 6) is 1.05. The van der Waals surface area contributed by atoms with Crippen LogP contribution in [-0.2, 0) is 11.2 Å². The van der Waals surface area contributed by atoms with Gasteiger partial charge in [-0.1, -0.05) is 19.1 Å². The molecular formula is C17H26N2O. The number of nitrogens with zero attached hydrogens (tertiary/aromatic N) is 1. The molecule has 0 radical (unpaired) electrons. The van der Waals surface area contributed by atoms with E-state index in [0.717, 1.165) is 44.3 Å². The van der Waals surface area contributed by atoms with E-state index in [4.69, 9.17) is 5.73 Å². The van der Waals surface area contributed by atoms with Crippen LogP contribution in [0.4, 0.5) is 5.69 Å². The van der Waals surface area contributed by atoms with Gasteiger partial charge < -0.3 is 10.6 Å². The smallest absolute Gasteiger partial charge is 0.229 e. The van der Waals surface area contributed by atoms with Crippen LogP contribution in [0.15, 0.2) is 24.3 Å². The lowest BCUT2D eigenvalue weighted by atomic mass is 9.81. The van der Waals surface area contributed by atoms with E-state index in [1.165, 1.54) is 5.56 Å². The summed E-state index contributed by atoms with van der Waals surface area (Å²) in [6.07, 6.45) is 5.18. The zero-order valence-electron chi connectivity index (χ0n) is 12.6. The largest absolute Gasteiger partial charge is 0.330 e. The van der Waals surface area contributed by atoms with Gasteiger partial charge in [0.05, 0.1) is 0 Å². The molecule has 1 aliphatic rings. The standard InChI is InChI=1S/C17H26N2O/c1-3-13-6-10-16(11-7-13)19(2)17(20)15-8-4-14(12-18)5-9-15/h6-7,10-11,14-15H,3-5,8-9,12,18H2,1-2H3. The lowest BCUT2D eigenvalue weighted by Crippen LogP contribution is -2.35. The molecule has 1 fully saturated rings. The maximum atomic E-state index is 12.5. The minimum atomic E-state index is 0.175. The molecule has 2 N–H and O–H groups in total. The van der Waals surface area contributed by atoms with E-state index in [0.29, 0.717) is 5.92 Å². The molecule has 0 heterocycles. The van der Waals surface area contributed by atoms with Crippen LogP contribution in [0.1, 0.15) is 38.2 Å². The molecule has 2 rings (SSSR count). The molecule has 20 heavy (non-hydrogen) atoms. The fourth-order valence-corrected chi connectivity index (χ4v) is 3.00. The minimum Gasteiger partial charge on any atom is -0.330 e. The van der Waals surface area contributed by atoms with Crippen molar-refractivity contribution in [2.75, 3.05) is 18.5 Å². The first-order valence-corrected chi connectivity index (χ1v) is 7.72. The second-order valence-corrected chi connectivity index (χ2v) is 5.87. The average molecular weight is 274 g/mol. The summed E-state index contributed by atoms with van der Waals surface area (Å²) in [7, 11) is 1.89. The number of hydrogen-bond donors (Lipinski definition) is 1. The van der Waals surface area contributed by atoms with Gasteiger partial charge in [-0.05, 0) is 62.3 Å². The number of anilines is 1. The van der Waals surface area contributed by atoms with Crippen molar-refractivity contribution in [3.8, 4) is 0 Å². The molecule has 1 amide bonds. The van der Waals surface area contributed by atoms with Gasteiger partial charge in [0.2, 0.25) is 5.91 Å².